The number of carbonyl (C=O) groups excluding carboxylic acids is 2. The fraction of sp³-hybridized carbons (Fsp3) is 0.464. The summed E-state index contributed by atoms with van der Waals surface area (Å²) in [4.78, 5) is 28.5. The van der Waals surface area contributed by atoms with Crippen molar-refractivity contribution < 1.29 is 28.9 Å². The molecule has 0 atom stereocenters. The second-order valence-electron chi connectivity index (χ2n) is 11.3. The molecule has 0 unspecified atom stereocenters. The summed E-state index contributed by atoms with van der Waals surface area (Å²) >= 11 is 6.82. The first kappa shape index (κ1) is 29.1. The number of benzene rings is 2. The summed E-state index contributed by atoms with van der Waals surface area (Å²) in [6.07, 6.45) is -1.24. The van der Waals surface area contributed by atoms with Crippen LogP contribution in [0.25, 0.3) is 0 Å². The van der Waals surface area contributed by atoms with Crippen LogP contribution < -0.4 is 9.64 Å². The zero-order chi connectivity index (χ0) is 28.5. The SMILES string of the molecule is COc1ccc(CN(C(=O)OC(C)(C)C)c2cc(C#N)cc(C3(O)CN(C(=O)OC(C)(C)C)C3)c2Cl)cc1. The lowest BCUT2D eigenvalue weighted by atomic mass is 9.85. The summed E-state index contributed by atoms with van der Waals surface area (Å²) in [6, 6.07) is 12.2. The first-order valence-corrected chi connectivity index (χ1v) is 12.5. The Hall–Kier alpha value is -3.48. The second-order valence-corrected chi connectivity index (χ2v) is 11.6. The fourth-order valence-electron chi connectivity index (χ4n) is 3.90. The maximum absolute atomic E-state index is 13.4. The lowest BCUT2D eigenvalue weighted by Gasteiger charge is -2.47. The van der Waals surface area contributed by atoms with Gasteiger partial charge in [-0.25, -0.2) is 9.59 Å². The minimum absolute atomic E-state index is 0.0784. The molecule has 1 heterocycles. The Morgan fingerprint density at radius 1 is 1.08 bits per heavy atom. The summed E-state index contributed by atoms with van der Waals surface area (Å²) in [5.74, 6) is 0.658. The van der Waals surface area contributed by atoms with Gasteiger partial charge >= 0.3 is 12.2 Å². The van der Waals surface area contributed by atoms with Gasteiger partial charge in [-0.1, -0.05) is 23.7 Å². The number of nitrogens with zero attached hydrogens (tertiary/aromatic N) is 3. The Morgan fingerprint density at radius 3 is 2.16 bits per heavy atom. The maximum Gasteiger partial charge on any atom is 0.415 e. The highest BCUT2D eigenvalue weighted by molar-refractivity contribution is 6.34. The molecule has 0 aliphatic carbocycles. The third kappa shape index (κ3) is 6.88. The predicted octanol–water partition coefficient (Wildman–Crippen LogP) is 5.60. The van der Waals surface area contributed by atoms with Gasteiger partial charge in [-0.05, 0) is 71.4 Å². The van der Waals surface area contributed by atoms with Crippen molar-refractivity contribution >= 4 is 29.5 Å². The number of aliphatic hydroxyl groups is 1. The molecule has 2 aromatic carbocycles. The van der Waals surface area contributed by atoms with Gasteiger partial charge < -0.3 is 24.2 Å². The van der Waals surface area contributed by atoms with E-state index in [1.807, 2.05) is 0 Å². The van der Waals surface area contributed by atoms with Gasteiger partial charge in [-0.3, -0.25) is 4.90 Å². The van der Waals surface area contributed by atoms with Crippen LogP contribution >= 0.6 is 11.6 Å². The summed E-state index contributed by atoms with van der Waals surface area (Å²) in [7, 11) is 1.56. The van der Waals surface area contributed by atoms with E-state index in [4.69, 9.17) is 25.8 Å². The average molecular weight is 544 g/mol. The molecule has 3 rings (SSSR count). The molecule has 1 fully saturated rings. The Bertz CT molecular complexity index is 1240. The molecule has 204 valence electrons. The lowest BCUT2D eigenvalue weighted by molar-refractivity contribution is -0.103. The Morgan fingerprint density at radius 2 is 1.66 bits per heavy atom. The molecule has 1 aliphatic rings. The largest absolute Gasteiger partial charge is 0.497 e. The minimum atomic E-state index is -1.53. The zero-order valence-electron chi connectivity index (χ0n) is 22.8. The molecule has 1 aliphatic heterocycles. The van der Waals surface area contributed by atoms with Crippen LogP contribution in [-0.2, 0) is 21.6 Å². The summed E-state index contributed by atoms with van der Waals surface area (Å²) in [5.41, 5.74) is -1.63. The smallest absolute Gasteiger partial charge is 0.415 e. The molecule has 0 saturated carbocycles. The number of methoxy groups -OCH3 is 1. The number of rotatable bonds is 5. The molecule has 0 spiro atoms. The van der Waals surface area contributed by atoms with E-state index in [9.17, 15) is 20.0 Å². The van der Waals surface area contributed by atoms with Gasteiger partial charge in [0.1, 0.15) is 22.6 Å². The molecular weight excluding hydrogens is 510 g/mol. The van der Waals surface area contributed by atoms with Crippen molar-refractivity contribution in [1.82, 2.24) is 4.90 Å². The van der Waals surface area contributed by atoms with Crippen molar-refractivity contribution in [3.8, 4) is 11.8 Å². The molecule has 1 saturated heterocycles. The van der Waals surface area contributed by atoms with Crippen molar-refractivity contribution in [1.29, 1.82) is 5.26 Å². The molecule has 1 N–H and O–H groups in total. The Balaban J connectivity index is 2.01. The van der Waals surface area contributed by atoms with Crippen LogP contribution in [-0.4, -0.2) is 53.6 Å². The van der Waals surface area contributed by atoms with Crippen molar-refractivity contribution in [2.75, 3.05) is 25.1 Å². The fourth-order valence-corrected chi connectivity index (χ4v) is 4.29. The molecule has 0 aromatic heterocycles. The maximum atomic E-state index is 13.4. The predicted molar refractivity (Wildman–Crippen MR) is 143 cm³/mol. The number of nitriles is 1. The van der Waals surface area contributed by atoms with Gasteiger partial charge in [-0.15, -0.1) is 0 Å². The second kappa shape index (κ2) is 10.7. The number of likely N-dealkylation sites (tertiary alicyclic amines) is 1. The van der Waals surface area contributed by atoms with Gasteiger partial charge in [-0.2, -0.15) is 5.26 Å². The highest BCUT2D eigenvalue weighted by atomic mass is 35.5. The van der Waals surface area contributed by atoms with Crippen LogP contribution in [0.3, 0.4) is 0 Å². The molecular formula is C28H34ClN3O6. The summed E-state index contributed by atoms with van der Waals surface area (Å²) < 4.78 is 16.2. The first-order chi connectivity index (χ1) is 17.5. The third-order valence-electron chi connectivity index (χ3n) is 5.64. The van der Waals surface area contributed by atoms with Gasteiger partial charge in [0.25, 0.3) is 0 Å². The Labute approximate surface area is 228 Å². The van der Waals surface area contributed by atoms with Gasteiger partial charge in [0.2, 0.25) is 0 Å². The van der Waals surface area contributed by atoms with Crippen LogP contribution in [0.2, 0.25) is 5.02 Å². The Kier molecular flexibility index (Phi) is 8.20. The quantitative estimate of drug-likeness (QED) is 0.522. The lowest BCUT2D eigenvalue weighted by Crippen LogP contribution is -2.62. The summed E-state index contributed by atoms with van der Waals surface area (Å²) in [5, 5.41) is 21.2. The third-order valence-corrected chi connectivity index (χ3v) is 6.04. The zero-order valence-corrected chi connectivity index (χ0v) is 23.5. The first-order valence-electron chi connectivity index (χ1n) is 12.1. The van der Waals surface area contributed by atoms with Crippen LogP contribution in [0.1, 0.15) is 58.2 Å². The van der Waals surface area contributed by atoms with Crippen LogP contribution in [0.5, 0.6) is 5.75 Å². The van der Waals surface area contributed by atoms with Crippen molar-refractivity contribution in [2.24, 2.45) is 0 Å². The molecule has 0 bridgehead atoms. The van der Waals surface area contributed by atoms with Gasteiger partial charge in [0.15, 0.2) is 0 Å². The number of β-amino-alcohol motifs (C(OH)–C–C–N with tert-alkyl or cyclic N) is 1. The van der Waals surface area contributed by atoms with E-state index < -0.39 is 29.0 Å². The van der Waals surface area contributed by atoms with Crippen molar-refractivity contribution in [3.63, 3.8) is 0 Å². The van der Waals surface area contributed by atoms with Crippen LogP contribution in [0, 0.1) is 11.3 Å². The van der Waals surface area contributed by atoms with E-state index in [1.54, 1.807) is 72.9 Å². The molecule has 2 amide bonds. The van der Waals surface area contributed by atoms with E-state index in [1.165, 1.54) is 21.9 Å². The summed E-state index contributed by atoms with van der Waals surface area (Å²) in [6.45, 7) is 10.4. The topological polar surface area (TPSA) is 112 Å². The number of halogens is 1. The molecule has 0 radical (unpaired) electrons. The van der Waals surface area contributed by atoms with Crippen molar-refractivity contribution in [3.05, 3.63) is 58.1 Å². The van der Waals surface area contributed by atoms with E-state index in [2.05, 4.69) is 6.07 Å². The number of ether oxygens (including phenoxy) is 3. The number of anilines is 1. The van der Waals surface area contributed by atoms with Crippen LogP contribution in [0.15, 0.2) is 36.4 Å². The number of carbonyl (C=O) groups is 2. The van der Waals surface area contributed by atoms with Gasteiger partial charge in [0.05, 0.1) is 49.1 Å². The normalized spacial score (nSPS) is 14.7. The highest BCUT2D eigenvalue weighted by Crippen LogP contribution is 2.42. The number of amides is 2. The number of hydrogen-bond acceptors (Lipinski definition) is 7. The minimum Gasteiger partial charge on any atom is -0.497 e. The van der Waals surface area contributed by atoms with E-state index >= 15 is 0 Å². The van der Waals surface area contributed by atoms with E-state index in [0.717, 1.165) is 5.56 Å². The van der Waals surface area contributed by atoms with Gasteiger partial charge in [0, 0.05) is 5.56 Å². The van der Waals surface area contributed by atoms with E-state index in [0.29, 0.717) is 5.75 Å². The molecule has 2 aromatic rings. The molecule has 9 nitrogen and oxygen atoms in total. The molecule has 38 heavy (non-hydrogen) atoms. The average Bonchev–Trinajstić information content (AvgIpc) is 2.79. The monoisotopic (exact) mass is 543 g/mol. The highest BCUT2D eigenvalue weighted by Gasteiger charge is 2.48. The van der Waals surface area contributed by atoms with Crippen molar-refractivity contribution in [2.45, 2.75) is 64.9 Å². The van der Waals surface area contributed by atoms with E-state index in [-0.39, 0.29) is 41.5 Å². The standard InChI is InChI=1S/C28H34ClN3O6/c1-26(2,3)37-24(33)31-16-28(35,17-31)21-12-19(14-30)13-22(23(21)29)32(25(34)38-27(4,5)6)15-18-8-10-20(36-7)11-9-18/h8-13,35H,15-17H2,1-7H3. The number of hydrogen-bond donors (Lipinski definition) is 1. The van der Waals surface area contributed by atoms with Crippen LogP contribution in [0.4, 0.5) is 15.3 Å². The molecule has 10 heteroatoms.